The first kappa shape index (κ1) is 16.3. The van der Waals surface area contributed by atoms with Gasteiger partial charge in [0.25, 0.3) is 5.91 Å². The number of aromatic nitrogens is 2. The van der Waals surface area contributed by atoms with Crippen LogP contribution in [0.5, 0.6) is 5.75 Å². The van der Waals surface area contributed by atoms with Gasteiger partial charge in [-0.3, -0.25) is 9.78 Å². The third-order valence-corrected chi connectivity index (χ3v) is 4.76. The quantitative estimate of drug-likeness (QED) is 0.783. The van der Waals surface area contributed by atoms with Gasteiger partial charge >= 0.3 is 0 Å². The van der Waals surface area contributed by atoms with Crippen molar-refractivity contribution in [1.82, 2.24) is 14.9 Å². The first-order valence-electron chi connectivity index (χ1n) is 8.64. The fourth-order valence-electron chi connectivity index (χ4n) is 3.56. The number of ether oxygens (including phenoxy) is 1. The summed E-state index contributed by atoms with van der Waals surface area (Å²) in [6, 6.07) is 7.61. The van der Waals surface area contributed by atoms with Crippen LogP contribution < -0.4 is 10.5 Å². The second kappa shape index (κ2) is 6.29. The zero-order valence-electron chi connectivity index (χ0n) is 14.8. The van der Waals surface area contributed by atoms with Gasteiger partial charge in [0.1, 0.15) is 5.75 Å². The molecule has 0 saturated heterocycles. The summed E-state index contributed by atoms with van der Waals surface area (Å²) in [4.78, 5) is 23.5. The second-order valence-electron chi connectivity index (χ2n) is 6.35. The minimum atomic E-state index is -0.0295. The van der Waals surface area contributed by atoms with Gasteiger partial charge in [0.05, 0.1) is 36.1 Å². The van der Waals surface area contributed by atoms with Gasteiger partial charge in [0.2, 0.25) is 0 Å². The Morgan fingerprint density at radius 3 is 2.88 bits per heavy atom. The smallest absolute Gasteiger partial charge is 0.258 e. The Hall–Kier alpha value is -3.15. The van der Waals surface area contributed by atoms with Crippen molar-refractivity contribution in [2.45, 2.75) is 19.9 Å². The maximum Gasteiger partial charge on any atom is 0.258 e. The summed E-state index contributed by atoms with van der Waals surface area (Å²) in [5, 5.41) is 0.777. The number of para-hydroxylation sites is 1. The van der Waals surface area contributed by atoms with E-state index in [1.54, 1.807) is 24.4 Å². The lowest BCUT2D eigenvalue weighted by atomic mass is 9.99. The predicted molar refractivity (Wildman–Crippen MR) is 101 cm³/mol. The number of methoxy groups -OCH3 is 1. The van der Waals surface area contributed by atoms with E-state index in [4.69, 9.17) is 15.5 Å². The molecule has 2 aromatic heterocycles. The van der Waals surface area contributed by atoms with E-state index in [1.165, 1.54) is 0 Å². The molecular weight excluding hydrogens is 328 g/mol. The van der Waals surface area contributed by atoms with E-state index in [9.17, 15) is 4.79 Å². The molecule has 1 amide bonds. The molecule has 0 spiro atoms. The number of nitrogens with zero attached hydrogens (tertiary/aromatic N) is 3. The van der Waals surface area contributed by atoms with Crippen molar-refractivity contribution in [3.05, 3.63) is 47.9 Å². The highest BCUT2D eigenvalue weighted by Crippen LogP contribution is 2.38. The van der Waals surface area contributed by atoms with Crippen LogP contribution in [0.15, 0.2) is 36.7 Å². The number of hydrogen-bond donors (Lipinski definition) is 1. The Kier molecular flexibility index (Phi) is 3.95. The van der Waals surface area contributed by atoms with Crippen LogP contribution in [0.1, 0.15) is 29.4 Å². The Labute approximate surface area is 151 Å². The standard InChI is InChI=1S/C20H20N4O2/c1-3-9-24-11-15-17(20(24)25)18(21)13-6-4-5-12(19(13)23-15)14-10-22-8-7-16(14)26-2/h4-8,10H,3,9,11H2,1-2H3,(H2,21,23). The molecule has 0 aliphatic carbocycles. The second-order valence-corrected chi connectivity index (χ2v) is 6.35. The van der Waals surface area contributed by atoms with Crippen molar-refractivity contribution >= 4 is 22.5 Å². The number of carbonyl (C=O) groups is 1. The monoisotopic (exact) mass is 348 g/mol. The zero-order chi connectivity index (χ0) is 18.3. The molecule has 6 nitrogen and oxygen atoms in total. The van der Waals surface area contributed by atoms with Crippen LogP contribution in [0, 0.1) is 0 Å². The Morgan fingerprint density at radius 2 is 2.12 bits per heavy atom. The fourth-order valence-corrected chi connectivity index (χ4v) is 3.56. The summed E-state index contributed by atoms with van der Waals surface area (Å²) in [6.07, 6.45) is 4.35. The van der Waals surface area contributed by atoms with Crippen LogP contribution >= 0.6 is 0 Å². The largest absolute Gasteiger partial charge is 0.496 e. The van der Waals surface area contributed by atoms with E-state index >= 15 is 0 Å². The number of rotatable bonds is 4. The Morgan fingerprint density at radius 1 is 1.27 bits per heavy atom. The van der Waals surface area contributed by atoms with Gasteiger partial charge in [-0.2, -0.15) is 0 Å². The summed E-state index contributed by atoms with van der Waals surface area (Å²) in [6.45, 7) is 3.26. The third-order valence-electron chi connectivity index (χ3n) is 4.76. The molecule has 3 aromatic rings. The minimum Gasteiger partial charge on any atom is -0.496 e. The molecule has 6 heteroatoms. The number of hydrogen-bond acceptors (Lipinski definition) is 5. The average molecular weight is 348 g/mol. The molecule has 2 N–H and O–H groups in total. The SMILES string of the molecule is CCCN1Cc2nc3c(-c4cnccc4OC)cccc3c(N)c2C1=O. The molecule has 0 unspecified atom stereocenters. The lowest BCUT2D eigenvalue weighted by molar-refractivity contribution is 0.0779. The van der Waals surface area contributed by atoms with Gasteiger partial charge in [-0.1, -0.05) is 25.1 Å². The molecule has 1 aliphatic rings. The highest BCUT2D eigenvalue weighted by molar-refractivity contribution is 6.11. The van der Waals surface area contributed by atoms with Crippen LogP contribution in [0.25, 0.3) is 22.0 Å². The normalized spacial score (nSPS) is 13.3. The topological polar surface area (TPSA) is 81.3 Å². The number of pyridine rings is 2. The molecule has 0 bridgehead atoms. The summed E-state index contributed by atoms with van der Waals surface area (Å²) < 4.78 is 5.48. The van der Waals surface area contributed by atoms with Crippen LogP contribution in [0.3, 0.4) is 0 Å². The number of carbonyl (C=O) groups excluding carboxylic acids is 1. The van der Waals surface area contributed by atoms with E-state index in [2.05, 4.69) is 11.9 Å². The van der Waals surface area contributed by atoms with Gasteiger partial charge in [0, 0.05) is 35.5 Å². The van der Waals surface area contributed by atoms with E-state index in [1.807, 2.05) is 24.3 Å². The van der Waals surface area contributed by atoms with E-state index in [0.717, 1.165) is 39.9 Å². The number of benzene rings is 1. The minimum absolute atomic E-state index is 0.0295. The molecule has 0 fully saturated rings. The highest BCUT2D eigenvalue weighted by Gasteiger charge is 2.31. The molecule has 132 valence electrons. The zero-order valence-corrected chi connectivity index (χ0v) is 14.8. The number of fused-ring (bicyclic) bond motifs is 2. The number of amides is 1. The molecule has 4 rings (SSSR count). The summed E-state index contributed by atoms with van der Waals surface area (Å²) in [7, 11) is 1.63. The molecular formula is C20H20N4O2. The van der Waals surface area contributed by atoms with E-state index in [-0.39, 0.29) is 5.91 Å². The first-order valence-corrected chi connectivity index (χ1v) is 8.64. The van der Waals surface area contributed by atoms with E-state index in [0.29, 0.717) is 24.3 Å². The molecule has 26 heavy (non-hydrogen) atoms. The maximum atomic E-state index is 12.7. The first-order chi connectivity index (χ1) is 12.7. The Balaban J connectivity index is 1.96. The van der Waals surface area contributed by atoms with Crippen molar-refractivity contribution in [2.24, 2.45) is 0 Å². The maximum absolute atomic E-state index is 12.7. The fraction of sp³-hybridized carbons (Fsp3) is 0.250. The molecule has 1 aromatic carbocycles. The predicted octanol–water partition coefficient (Wildman–Crippen LogP) is 3.25. The van der Waals surface area contributed by atoms with Crippen LogP contribution in [-0.4, -0.2) is 34.4 Å². The van der Waals surface area contributed by atoms with Crippen molar-refractivity contribution in [3.8, 4) is 16.9 Å². The van der Waals surface area contributed by atoms with Gasteiger partial charge in [-0.25, -0.2) is 4.98 Å². The summed E-state index contributed by atoms with van der Waals surface area (Å²) in [5.41, 5.74) is 10.7. The van der Waals surface area contributed by atoms with Gasteiger partial charge in [-0.15, -0.1) is 0 Å². The summed E-state index contributed by atoms with van der Waals surface area (Å²) in [5.74, 6) is 0.690. The van der Waals surface area contributed by atoms with Crippen LogP contribution in [-0.2, 0) is 6.54 Å². The van der Waals surface area contributed by atoms with Crippen LogP contribution in [0.2, 0.25) is 0 Å². The average Bonchev–Trinajstić information content (AvgIpc) is 2.97. The molecule has 3 heterocycles. The lowest BCUT2D eigenvalue weighted by Gasteiger charge is -2.13. The van der Waals surface area contributed by atoms with E-state index < -0.39 is 0 Å². The van der Waals surface area contributed by atoms with Gasteiger partial charge in [0.15, 0.2) is 0 Å². The number of nitrogen functional groups attached to an aromatic ring is 1. The van der Waals surface area contributed by atoms with Crippen molar-refractivity contribution in [2.75, 3.05) is 19.4 Å². The molecule has 0 atom stereocenters. The lowest BCUT2D eigenvalue weighted by Crippen LogP contribution is -2.24. The summed E-state index contributed by atoms with van der Waals surface area (Å²) >= 11 is 0. The van der Waals surface area contributed by atoms with Gasteiger partial charge < -0.3 is 15.4 Å². The van der Waals surface area contributed by atoms with Crippen molar-refractivity contribution in [3.63, 3.8) is 0 Å². The number of anilines is 1. The highest BCUT2D eigenvalue weighted by atomic mass is 16.5. The van der Waals surface area contributed by atoms with Crippen molar-refractivity contribution in [1.29, 1.82) is 0 Å². The molecule has 0 saturated carbocycles. The third kappa shape index (κ3) is 2.37. The number of nitrogens with two attached hydrogens (primary N) is 1. The van der Waals surface area contributed by atoms with Gasteiger partial charge in [-0.05, 0) is 12.5 Å². The molecule has 1 aliphatic heterocycles. The Bertz CT molecular complexity index is 1020. The van der Waals surface area contributed by atoms with Crippen molar-refractivity contribution < 1.29 is 9.53 Å². The molecule has 0 radical (unpaired) electrons. The van der Waals surface area contributed by atoms with Crippen LogP contribution in [0.4, 0.5) is 5.69 Å².